The van der Waals surface area contributed by atoms with Gasteiger partial charge in [-0.05, 0) is 5.92 Å². The van der Waals surface area contributed by atoms with Crippen molar-refractivity contribution in [3.8, 4) is 0 Å². The van der Waals surface area contributed by atoms with Crippen molar-refractivity contribution in [1.82, 2.24) is 0 Å². The van der Waals surface area contributed by atoms with Crippen LogP contribution >= 0.6 is 12.4 Å². The summed E-state index contributed by atoms with van der Waals surface area (Å²) in [7, 11) is 5.66. The first kappa shape index (κ1) is 25.1. The molecule has 7 nitrogen and oxygen atoms in total. The number of likely N-dealkylation sites (N-methyl/N-ethyl adjacent to an activating group) is 1. The maximum absolute atomic E-state index is 10.2. The van der Waals surface area contributed by atoms with Crippen LogP contribution in [-0.4, -0.2) is 66.5 Å². The molecule has 0 fully saturated rings. The van der Waals surface area contributed by atoms with Crippen molar-refractivity contribution in [2.75, 3.05) is 27.7 Å². The number of carboxylic acids is 2. The number of aliphatic hydroxyl groups excluding tert-OH is 1. The van der Waals surface area contributed by atoms with Crippen LogP contribution in [0.5, 0.6) is 0 Å². The van der Waals surface area contributed by atoms with Gasteiger partial charge in [-0.3, -0.25) is 4.79 Å². The predicted octanol–water partition coefficient (Wildman–Crippen LogP) is -0.940. The Bertz CT molecular complexity index is 307. The monoisotopic (exact) mass is 328 g/mol. The van der Waals surface area contributed by atoms with Crippen LogP contribution < -0.4 is 10.8 Å². The van der Waals surface area contributed by atoms with Gasteiger partial charge < -0.3 is 30.3 Å². The zero-order valence-electron chi connectivity index (χ0n) is 13.4. The molecule has 0 rings (SSSR count). The molecule has 128 valence electrons. The van der Waals surface area contributed by atoms with Crippen molar-refractivity contribution in [3.63, 3.8) is 0 Å². The molecule has 0 saturated heterocycles. The maximum Gasteiger partial charge on any atom is 0.320 e. The van der Waals surface area contributed by atoms with Crippen LogP contribution in [0.1, 0.15) is 26.7 Å². The van der Waals surface area contributed by atoms with Gasteiger partial charge in [0, 0.05) is 12.4 Å². The van der Waals surface area contributed by atoms with Crippen molar-refractivity contribution < 1.29 is 29.4 Å². The van der Waals surface area contributed by atoms with E-state index < -0.39 is 24.1 Å². The second-order valence-corrected chi connectivity index (χ2v) is 5.95. The van der Waals surface area contributed by atoms with E-state index in [2.05, 4.69) is 0 Å². The van der Waals surface area contributed by atoms with Crippen LogP contribution in [0, 0.1) is 5.92 Å². The normalized spacial score (nSPS) is 14.8. The summed E-state index contributed by atoms with van der Waals surface area (Å²) in [6, 6.07) is -0.699. The molecule has 3 atom stereocenters. The number of nitrogens with zero attached hydrogens (tertiary/aromatic N) is 1. The molecular formula is C13H29ClN2O5. The van der Waals surface area contributed by atoms with E-state index in [0.29, 0.717) is 11.0 Å². The summed E-state index contributed by atoms with van der Waals surface area (Å²) in [6.07, 6.45) is -0.275. The smallest absolute Gasteiger partial charge is 0.320 e. The fourth-order valence-electron chi connectivity index (χ4n) is 1.39. The summed E-state index contributed by atoms with van der Waals surface area (Å²) in [5, 5.41) is 27.5. The SMILES string of the molecule is CCC(C)C(N)C(=O)O.C[N+](C)(C)CC(O)CC(=O)[O-].Cl. The fourth-order valence-corrected chi connectivity index (χ4v) is 1.39. The van der Waals surface area contributed by atoms with E-state index in [1.54, 1.807) is 0 Å². The number of hydrogen-bond donors (Lipinski definition) is 3. The summed E-state index contributed by atoms with van der Waals surface area (Å²) in [5.41, 5.74) is 5.27. The molecule has 0 aromatic heterocycles. The zero-order valence-corrected chi connectivity index (χ0v) is 14.2. The van der Waals surface area contributed by atoms with E-state index in [1.165, 1.54) is 0 Å². The number of carboxylic acid groups (broad SMARTS) is 2. The van der Waals surface area contributed by atoms with E-state index in [-0.39, 0.29) is 24.7 Å². The first-order chi connectivity index (χ1) is 8.90. The summed E-state index contributed by atoms with van der Waals surface area (Å²) in [6.45, 7) is 4.18. The molecule has 0 bridgehead atoms. The van der Waals surface area contributed by atoms with Gasteiger partial charge in [-0.25, -0.2) is 0 Å². The van der Waals surface area contributed by atoms with Crippen molar-refractivity contribution in [1.29, 1.82) is 0 Å². The highest BCUT2D eigenvalue weighted by Gasteiger charge is 2.17. The van der Waals surface area contributed by atoms with Crippen molar-refractivity contribution in [2.45, 2.75) is 38.8 Å². The molecule has 0 aliphatic heterocycles. The molecule has 0 aromatic rings. The first-order valence-electron chi connectivity index (χ1n) is 6.57. The standard InChI is InChI=1S/C7H15NO3.C6H13NO2.ClH/c1-8(2,3)5-6(9)4-7(10)11;1-3-4(2)5(7)6(8)9;/h6,9H,4-5H2,1-3H3;4-5H,3,7H2,1-2H3,(H,8,9);1H. The van der Waals surface area contributed by atoms with Gasteiger partial charge in [-0.1, -0.05) is 20.3 Å². The summed E-state index contributed by atoms with van der Waals surface area (Å²) >= 11 is 0. The molecule has 0 radical (unpaired) electrons. The molecule has 4 N–H and O–H groups in total. The number of hydrogen-bond acceptors (Lipinski definition) is 5. The molecule has 0 saturated carbocycles. The highest BCUT2D eigenvalue weighted by Crippen LogP contribution is 2.04. The number of nitrogens with two attached hydrogens (primary N) is 1. The zero-order chi connectivity index (χ0) is 16.5. The Balaban J connectivity index is -0.000000300. The quantitative estimate of drug-likeness (QED) is 0.518. The molecular weight excluding hydrogens is 300 g/mol. The summed E-state index contributed by atoms with van der Waals surface area (Å²) < 4.78 is 0.550. The van der Waals surface area contributed by atoms with E-state index in [4.69, 9.17) is 15.9 Å². The lowest BCUT2D eigenvalue weighted by molar-refractivity contribution is -0.873. The van der Waals surface area contributed by atoms with Crippen LogP contribution in [0.25, 0.3) is 0 Å². The van der Waals surface area contributed by atoms with Gasteiger partial charge in [-0.15, -0.1) is 12.4 Å². The number of halogens is 1. The second kappa shape index (κ2) is 11.7. The van der Waals surface area contributed by atoms with Crippen molar-refractivity contribution in [3.05, 3.63) is 0 Å². The maximum atomic E-state index is 10.2. The highest BCUT2D eigenvalue weighted by atomic mass is 35.5. The highest BCUT2D eigenvalue weighted by molar-refractivity contribution is 5.85. The number of carbonyl (C=O) groups excluding carboxylic acids is 1. The van der Waals surface area contributed by atoms with Crippen LogP contribution in [0.3, 0.4) is 0 Å². The van der Waals surface area contributed by atoms with Gasteiger partial charge in [0.05, 0.1) is 21.1 Å². The third-order valence-corrected chi connectivity index (χ3v) is 2.70. The minimum Gasteiger partial charge on any atom is -0.550 e. The van der Waals surface area contributed by atoms with Gasteiger partial charge in [0.25, 0.3) is 0 Å². The number of aliphatic carboxylic acids is 2. The van der Waals surface area contributed by atoms with Crippen molar-refractivity contribution in [2.24, 2.45) is 11.7 Å². The predicted molar refractivity (Wildman–Crippen MR) is 80.8 cm³/mol. The third kappa shape index (κ3) is 17.1. The largest absolute Gasteiger partial charge is 0.550 e. The Hall–Kier alpha value is -0.890. The number of rotatable bonds is 7. The molecule has 21 heavy (non-hydrogen) atoms. The van der Waals surface area contributed by atoms with Crippen LogP contribution in [0.15, 0.2) is 0 Å². The number of aliphatic hydroxyl groups is 1. The van der Waals surface area contributed by atoms with Gasteiger partial charge in [0.1, 0.15) is 18.7 Å². The molecule has 3 unspecified atom stereocenters. The lowest BCUT2D eigenvalue weighted by Crippen LogP contribution is -2.43. The number of carbonyl (C=O) groups is 2. The molecule has 0 aliphatic carbocycles. The van der Waals surface area contributed by atoms with E-state index in [0.717, 1.165) is 6.42 Å². The third-order valence-electron chi connectivity index (χ3n) is 2.70. The Morgan fingerprint density at radius 2 is 1.71 bits per heavy atom. The Morgan fingerprint density at radius 1 is 1.29 bits per heavy atom. The topological polar surface area (TPSA) is 124 Å². The molecule has 0 aromatic carbocycles. The minimum absolute atomic E-state index is 0. The molecule has 0 aliphatic rings. The lowest BCUT2D eigenvalue weighted by Gasteiger charge is -2.26. The van der Waals surface area contributed by atoms with Crippen molar-refractivity contribution >= 4 is 24.3 Å². The Morgan fingerprint density at radius 3 is 1.90 bits per heavy atom. The lowest BCUT2D eigenvalue weighted by atomic mass is 10.0. The second-order valence-electron chi connectivity index (χ2n) is 5.95. The van der Waals surface area contributed by atoms with Crippen LogP contribution in [0.2, 0.25) is 0 Å². The van der Waals surface area contributed by atoms with Gasteiger partial charge >= 0.3 is 5.97 Å². The van der Waals surface area contributed by atoms with E-state index >= 15 is 0 Å². The fraction of sp³-hybridized carbons (Fsp3) is 0.846. The molecule has 0 spiro atoms. The number of quaternary nitrogens is 1. The summed E-state index contributed by atoms with van der Waals surface area (Å²) in [5.74, 6) is -2.04. The Labute approximate surface area is 132 Å². The minimum atomic E-state index is -1.20. The van der Waals surface area contributed by atoms with Crippen LogP contribution in [-0.2, 0) is 9.59 Å². The first-order valence-corrected chi connectivity index (χ1v) is 6.57. The van der Waals surface area contributed by atoms with Gasteiger partial charge in [0.15, 0.2) is 0 Å². The molecule has 0 amide bonds. The Kier molecular flexibility index (Phi) is 14.0. The van der Waals surface area contributed by atoms with Crippen LogP contribution in [0.4, 0.5) is 0 Å². The molecule has 0 heterocycles. The average molecular weight is 329 g/mol. The van der Waals surface area contributed by atoms with E-state index in [9.17, 15) is 14.7 Å². The van der Waals surface area contributed by atoms with Gasteiger partial charge in [0.2, 0.25) is 0 Å². The van der Waals surface area contributed by atoms with Gasteiger partial charge in [-0.2, -0.15) is 0 Å². The average Bonchev–Trinajstić information content (AvgIpc) is 2.23. The molecule has 8 heteroatoms. The summed E-state index contributed by atoms with van der Waals surface area (Å²) in [4.78, 5) is 20.2. The van der Waals surface area contributed by atoms with E-state index in [1.807, 2.05) is 35.0 Å².